The van der Waals surface area contributed by atoms with Gasteiger partial charge in [-0.15, -0.1) is 0 Å². The van der Waals surface area contributed by atoms with E-state index in [1.165, 1.54) is 12.1 Å². The van der Waals surface area contributed by atoms with Gasteiger partial charge in [0.15, 0.2) is 11.5 Å². The van der Waals surface area contributed by atoms with E-state index in [1.807, 2.05) is 0 Å². The smallest absolute Gasteiger partial charge is 0.411 e. The monoisotopic (exact) mass is 326 g/mol. The van der Waals surface area contributed by atoms with E-state index in [9.17, 15) is 4.57 Å². The molecule has 1 aromatic rings. The van der Waals surface area contributed by atoms with E-state index in [2.05, 4.69) is 0 Å². The molecule has 0 saturated heterocycles. The molecule has 0 amide bonds. The number of hydrogen-bond donors (Lipinski definition) is 0. The summed E-state index contributed by atoms with van der Waals surface area (Å²) in [6.45, 7) is 3.86. The van der Waals surface area contributed by atoms with Gasteiger partial charge in [0.05, 0.1) is 23.3 Å². The Morgan fingerprint density at radius 1 is 1.11 bits per heavy atom. The van der Waals surface area contributed by atoms with Crippen molar-refractivity contribution in [3.05, 3.63) is 22.2 Å². The maximum Gasteiger partial charge on any atom is 0.411 e. The first kappa shape index (κ1) is 14.9. The zero-order chi connectivity index (χ0) is 14.0. The summed E-state index contributed by atoms with van der Waals surface area (Å²) in [4.78, 5) is 0. The van der Waals surface area contributed by atoms with Crippen LogP contribution in [0.5, 0.6) is 11.5 Å². The van der Waals surface area contributed by atoms with Crippen LogP contribution < -0.4 is 9.47 Å². The molecular formula is C11H13Cl2O5P. The standard InChI is InChI=1S/C11H13Cl2O5P/c1-3-15-19(14,16-4-2)11-17-9-5-7(12)8(13)6-10(9)18-11/h5-6,11H,3-4H2,1-2H3. The summed E-state index contributed by atoms with van der Waals surface area (Å²) < 4.78 is 33.7. The van der Waals surface area contributed by atoms with Crippen molar-refractivity contribution in [2.75, 3.05) is 13.2 Å². The molecule has 5 nitrogen and oxygen atoms in total. The summed E-state index contributed by atoms with van der Waals surface area (Å²) in [5.41, 5.74) is 0. The van der Waals surface area contributed by atoms with E-state index in [1.54, 1.807) is 13.8 Å². The van der Waals surface area contributed by atoms with Crippen molar-refractivity contribution in [1.82, 2.24) is 0 Å². The van der Waals surface area contributed by atoms with Gasteiger partial charge in [-0.25, -0.2) is 0 Å². The third kappa shape index (κ3) is 3.01. The molecule has 1 aliphatic heterocycles. The second kappa shape index (κ2) is 5.90. The lowest BCUT2D eigenvalue weighted by Crippen LogP contribution is -2.21. The molecule has 0 spiro atoms. The van der Waals surface area contributed by atoms with Gasteiger partial charge in [-0.3, -0.25) is 4.57 Å². The van der Waals surface area contributed by atoms with Crippen LogP contribution in [-0.2, 0) is 13.6 Å². The zero-order valence-electron chi connectivity index (χ0n) is 10.4. The van der Waals surface area contributed by atoms with E-state index in [0.717, 1.165) is 0 Å². The Bertz CT molecular complexity index is 481. The largest absolute Gasteiger partial charge is 0.440 e. The number of halogens is 2. The molecular weight excluding hydrogens is 314 g/mol. The molecule has 1 aliphatic rings. The first-order valence-electron chi connectivity index (χ1n) is 5.71. The van der Waals surface area contributed by atoms with E-state index >= 15 is 0 Å². The lowest BCUT2D eigenvalue weighted by Gasteiger charge is -2.21. The van der Waals surface area contributed by atoms with Gasteiger partial charge in [-0.1, -0.05) is 23.2 Å². The fraction of sp³-hybridized carbons (Fsp3) is 0.455. The highest BCUT2D eigenvalue weighted by Crippen LogP contribution is 2.57. The first-order chi connectivity index (χ1) is 9.00. The molecule has 0 unspecified atom stereocenters. The molecule has 1 aromatic carbocycles. The van der Waals surface area contributed by atoms with Crippen molar-refractivity contribution >= 4 is 30.8 Å². The lowest BCUT2D eigenvalue weighted by molar-refractivity contribution is 0.0722. The minimum absolute atomic E-state index is 0.221. The molecule has 2 rings (SSSR count). The molecule has 19 heavy (non-hydrogen) atoms. The number of ether oxygens (including phenoxy) is 2. The summed E-state index contributed by atoms with van der Waals surface area (Å²) in [6, 6.07) is 1.86. The summed E-state index contributed by atoms with van der Waals surface area (Å²) in [5.74, 6) is 0.720. The molecule has 0 atom stereocenters. The second-order valence-corrected chi connectivity index (χ2v) is 6.46. The van der Waals surface area contributed by atoms with Gasteiger partial charge in [0.25, 0.3) is 0 Å². The van der Waals surface area contributed by atoms with Crippen LogP contribution >= 0.6 is 30.8 Å². The van der Waals surface area contributed by atoms with E-state index < -0.39 is 13.6 Å². The maximum absolute atomic E-state index is 12.5. The highest BCUT2D eigenvalue weighted by molar-refractivity contribution is 7.54. The van der Waals surface area contributed by atoms with Crippen LogP contribution in [0.2, 0.25) is 10.0 Å². The molecule has 0 N–H and O–H groups in total. The van der Waals surface area contributed by atoms with Crippen LogP contribution in [0, 0.1) is 0 Å². The maximum atomic E-state index is 12.5. The normalized spacial score (nSPS) is 14.9. The number of benzene rings is 1. The van der Waals surface area contributed by atoms with Crippen LogP contribution in [0.25, 0.3) is 0 Å². The fourth-order valence-corrected chi connectivity index (χ4v) is 3.41. The van der Waals surface area contributed by atoms with Crippen molar-refractivity contribution in [3.63, 3.8) is 0 Å². The summed E-state index contributed by atoms with van der Waals surface area (Å²) >= 11 is 11.8. The molecule has 1 heterocycles. The van der Waals surface area contributed by atoms with Crippen molar-refractivity contribution in [1.29, 1.82) is 0 Å². The van der Waals surface area contributed by atoms with Crippen molar-refractivity contribution in [2.45, 2.75) is 19.9 Å². The topological polar surface area (TPSA) is 54.0 Å². The molecule has 0 aliphatic carbocycles. The average Bonchev–Trinajstić information content (AvgIpc) is 2.74. The summed E-state index contributed by atoms with van der Waals surface area (Å²) in [7, 11) is -3.51. The average molecular weight is 327 g/mol. The predicted octanol–water partition coefficient (Wildman–Crippen LogP) is 4.31. The Kier molecular flexibility index (Phi) is 4.64. The molecule has 0 bridgehead atoms. The second-order valence-electron chi connectivity index (χ2n) is 3.63. The predicted molar refractivity (Wildman–Crippen MR) is 72.4 cm³/mol. The molecule has 0 saturated carbocycles. The Morgan fingerprint density at radius 2 is 1.53 bits per heavy atom. The Morgan fingerprint density at radius 3 is 1.89 bits per heavy atom. The van der Waals surface area contributed by atoms with Crippen LogP contribution in [-0.4, -0.2) is 19.2 Å². The Labute approximate surface area is 121 Å². The molecule has 0 fully saturated rings. The molecule has 8 heteroatoms. The Hall–Kier alpha value is -0.450. The van der Waals surface area contributed by atoms with Gasteiger partial charge in [-0.2, -0.15) is 0 Å². The quantitative estimate of drug-likeness (QED) is 0.754. The van der Waals surface area contributed by atoms with E-state index in [4.69, 9.17) is 41.7 Å². The fourth-order valence-electron chi connectivity index (χ4n) is 1.58. The summed E-state index contributed by atoms with van der Waals surface area (Å²) in [6.07, 6.45) is 0. The SMILES string of the molecule is CCOP(=O)(OCC)C1Oc2cc(Cl)c(Cl)cc2O1. The van der Waals surface area contributed by atoms with Crippen molar-refractivity contribution in [3.8, 4) is 11.5 Å². The minimum Gasteiger partial charge on any atom is -0.440 e. The van der Waals surface area contributed by atoms with Crippen LogP contribution in [0.4, 0.5) is 0 Å². The van der Waals surface area contributed by atoms with Crippen molar-refractivity contribution in [2.24, 2.45) is 0 Å². The van der Waals surface area contributed by atoms with Gasteiger partial charge in [0.2, 0.25) is 0 Å². The third-order valence-electron chi connectivity index (χ3n) is 2.32. The molecule has 106 valence electrons. The first-order valence-corrected chi connectivity index (χ1v) is 8.08. The lowest BCUT2D eigenvalue weighted by atomic mass is 10.3. The van der Waals surface area contributed by atoms with Gasteiger partial charge in [0.1, 0.15) is 0 Å². The third-order valence-corrected chi connectivity index (χ3v) is 5.00. The highest BCUT2D eigenvalue weighted by Gasteiger charge is 2.44. The highest BCUT2D eigenvalue weighted by atomic mass is 35.5. The van der Waals surface area contributed by atoms with Crippen molar-refractivity contribution < 1.29 is 23.1 Å². The minimum atomic E-state index is -3.51. The van der Waals surface area contributed by atoms with Crippen LogP contribution in [0.1, 0.15) is 13.8 Å². The van der Waals surface area contributed by atoms with Gasteiger partial charge in [0, 0.05) is 12.1 Å². The number of hydrogen-bond acceptors (Lipinski definition) is 5. The van der Waals surface area contributed by atoms with E-state index in [0.29, 0.717) is 21.5 Å². The number of rotatable bonds is 5. The van der Waals surface area contributed by atoms with Gasteiger partial charge < -0.3 is 18.5 Å². The van der Waals surface area contributed by atoms with Gasteiger partial charge in [-0.05, 0) is 13.8 Å². The summed E-state index contributed by atoms with van der Waals surface area (Å²) in [5, 5.41) is 0.652. The molecule has 0 aromatic heterocycles. The van der Waals surface area contributed by atoms with E-state index in [-0.39, 0.29) is 13.2 Å². The Balaban J connectivity index is 2.24. The zero-order valence-corrected chi connectivity index (χ0v) is 12.8. The van der Waals surface area contributed by atoms with Gasteiger partial charge >= 0.3 is 13.6 Å². The number of fused-ring (bicyclic) bond motifs is 1. The van der Waals surface area contributed by atoms with Crippen LogP contribution in [0.3, 0.4) is 0 Å². The van der Waals surface area contributed by atoms with Crippen LogP contribution in [0.15, 0.2) is 12.1 Å². The molecule has 0 radical (unpaired) electrons.